The van der Waals surface area contributed by atoms with Crippen molar-refractivity contribution < 1.29 is 9.53 Å². The van der Waals surface area contributed by atoms with Crippen LogP contribution < -0.4 is 4.90 Å². The van der Waals surface area contributed by atoms with Crippen molar-refractivity contribution in [2.24, 2.45) is 0 Å². The van der Waals surface area contributed by atoms with E-state index in [2.05, 4.69) is 21.8 Å². The third-order valence-electron chi connectivity index (χ3n) is 3.50. The van der Waals surface area contributed by atoms with Crippen molar-refractivity contribution in [2.75, 3.05) is 37.7 Å². The van der Waals surface area contributed by atoms with E-state index in [0.29, 0.717) is 31.3 Å². The minimum absolute atomic E-state index is 0.0605. The van der Waals surface area contributed by atoms with Gasteiger partial charge in [0, 0.05) is 25.8 Å². The smallest absolute Gasteiger partial charge is 0.257 e. The maximum absolute atomic E-state index is 12.1. The first-order valence-electron chi connectivity index (χ1n) is 6.77. The zero-order chi connectivity index (χ0) is 13.2. The van der Waals surface area contributed by atoms with Crippen LogP contribution in [0, 0.1) is 0 Å². The van der Waals surface area contributed by atoms with E-state index in [1.807, 2.05) is 4.90 Å². The van der Waals surface area contributed by atoms with Crippen LogP contribution in [0.5, 0.6) is 0 Å². The minimum Gasteiger partial charge on any atom is -0.378 e. The van der Waals surface area contributed by atoms with Gasteiger partial charge in [-0.2, -0.15) is 0 Å². The number of hydrogen-bond acceptors (Lipinski definition) is 5. The number of fused-ring (bicyclic) bond motifs is 1. The predicted molar refractivity (Wildman–Crippen MR) is 70.1 cm³/mol. The lowest BCUT2D eigenvalue weighted by Gasteiger charge is -2.26. The zero-order valence-electron chi connectivity index (χ0n) is 11.1. The third-order valence-corrected chi connectivity index (χ3v) is 3.50. The van der Waals surface area contributed by atoms with Crippen LogP contribution in [-0.2, 0) is 11.3 Å². The molecule has 0 saturated carbocycles. The number of nitrogens with zero attached hydrogens (tertiary/aromatic N) is 4. The summed E-state index contributed by atoms with van der Waals surface area (Å²) in [5.41, 5.74) is 1.51. The van der Waals surface area contributed by atoms with Crippen molar-refractivity contribution >= 4 is 11.9 Å². The van der Waals surface area contributed by atoms with Crippen LogP contribution in [0.3, 0.4) is 0 Å². The Morgan fingerprint density at radius 1 is 1.37 bits per heavy atom. The quantitative estimate of drug-likeness (QED) is 0.801. The molecule has 0 radical (unpaired) electrons. The van der Waals surface area contributed by atoms with Gasteiger partial charge < -0.3 is 14.5 Å². The number of ether oxygens (including phenoxy) is 1. The lowest BCUT2D eigenvalue weighted by Crippen LogP contribution is -2.37. The molecule has 6 nitrogen and oxygen atoms in total. The van der Waals surface area contributed by atoms with Gasteiger partial charge in [-0.3, -0.25) is 4.79 Å². The van der Waals surface area contributed by atoms with Crippen molar-refractivity contribution in [3.8, 4) is 0 Å². The number of hydrogen-bond donors (Lipinski definition) is 0. The van der Waals surface area contributed by atoms with E-state index in [0.717, 1.165) is 31.7 Å². The molecule has 19 heavy (non-hydrogen) atoms. The van der Waals surface area contributed by atoms with Crippen molar-refractivity contribution in [3.05, 3.63) is 17.5 Å². The van der Waals surface area contributed by atoms with E-state index in [1.54, 1.807) is 6.20 Å². The van der Waals surface area contributed by atoms with Crippen molar-refractivity contribution in [1.82, 2.24) is 14.9 Å². The highest BCUT2D eigenvalue weighted by atomic mass is 16.5. The largest absolute Gasteiger partial charge is 0.378 e. The van der Waals surface area contributed by atoms with Crippen molar-refractivity contribution in [3.63, 3.8) is 0 Å². The Balaban J connectivity index is 1.82. The van der Waals surface area contributed by atoms with Gasteiger partial charge >= 0.3 is 0 Å². The van der Waals surface area contributed by atoms with E-state index in [4.69, 9.17) is 4.74 Å². The molecule has 102 valence electrons. The number of aromatic nitrogens is 2. The summed E-state index contributed by atoms with van der Waals surface area (Å²) >= 11 is 0. The average Bonchev–Trinajstić information content (AvgIpc) is 2.76. The second-order valence-corrected chi connectivity index (χ2v) is 4.86. The predicted octanol–water partition coefficient (Wildman–Crippen LogP) is 0.679. The first-order chi connectivity index (χ1) is 9.29. The second-order valence-electron chi connectivity index (χ2n) is 4.86. The maximum atomic E-state index is 12.1. The van der Waals surface area contributed by atoms with Crippen LogP contribution in [0.25, 0.3) is 0 Å². The summed E-state index contributed by atoms with van der Waals surface area (Å²) in [6.45, 7) is 6.50. The number of carbonyl (C=O) groups excluding carboxylic acids is 1. The molecule has 1 saturated heterocycles. The van der Waals surface area contributed by atoms with Crippen LogP contribution in [0.15, 0.2) is 6.20 Å². The molecule has 1 amide bonds. The topological polar surface area (TPSA) is 58.6 Å². The fraction of sp³-hybridized carbons (Fsp3) is 0.615. The van der Waals surface area contributed by atoms with Gasteiger partial charge in [0.1, 0.15) is 0 Å². The molecule has 2 aliphatic rings. The number of carbonyl (C=O) groups is 1. The lowest BCUT2D eigenvalue weighted by atomic mass is 10.3. The average molecular weight is 262 g/mol. The summed E-state index contributed by atoms with van der Waals surface area (Å²) in [4.78, 5) is 24.9. The van der Waals surface area contributed by atoms with Gasteiger partial charge in [0.05, 0.1) is 31.0 Å². The third kappa shape index (κ3) is 2.28. The number of anilines is 1. The molecule has 1 aromatic rings. The van der Waals surface area contributed by atoms with E-state index in [9.17, 15) is 4.79 Å². The molecular weight excluding hydrogens is 244 g/mol. The molecule has 1 fully saturated rings. The fourth-order valence-corrected chi connectivity index (χ4v) is 2.49. The molecule has 0 aromatic carbocycles. The van der Waals surface area contributed by atoms with Gasteiger partial charge in [-0.15, -0.1) is 0 Å². The van der Waals surface area contributed by atoms with E-state index in [1.165, 1.54) is 0 Å². The molecule has 0 bridgehead atoms. The first-order valence-corrected chi connectivity index (χ1v) is 6.77. The Labute approximate surface area is 112 Å². The Morgan fingerprint density at radius 3 is 2.89 bits per heavy atom. The minimum atomic E-state index is 0.0605. The standard InChI is InChI=1S/C13H18N4O2/c1-2-3-17-9-11-10(12(17)18)8-14-13(15-11)16-4-6-19-7-5-16/h8H,2-7,9H2,1H3. The van der Waals surface area contributed by atoms with Gasteiger partial charge in [-0.25, -0.2) is 9.97 Å². The highest BCUT2D eigenvalue weighted by Crippen LogP contribution is 2.22. The van der Waals surface area contributed by atoms with Crippen LogP contribution >= 0.6 is 0 Å². The highest BCUT2D eigenvalue weighted by molar-refractivity contribution is 5.97. The normalized spacial score (nSPS) is 18.9. The van der Waals surface area contributed by atoms with Crippen LogP contribution in [-0.4, -0.2) is 53.6 Å². The van der Waals surface area contributed by atoms with E-state index < -0.39 is 0 Å². The molecule has 1 aromatic heterocycles. The Morgan fingerprint density at radius 2 is 2.16 bits per heavy atom. The fourth-order valence-electron chi connectivity index (χ4n) is 2.49. The molecule has 0 unspecified atom stereocenters. The van der Waals surface area contributed by atoms with Crippen molar-refractivity contribution in [1.29, 1.82) is 0 Å². The molecule has 3 rings (SSSR count). The van der Waals surface area contributed by atoms with Crippen molar-refractivity contribution in [2.45, 2.75) is 19.9 Å². The Hall–Kier alpha value is -1.69. The number of morpholine rings is 1. The maximum Gasteiger partial charge on any atom is 0.257 e. The molecule has 3 heterocycles. The molecule has 0 N–H and O–H groups in total. The zero-order valence-corrected chi connectivity index (χ0v) is 11.1. The molecule has 0 spiro atoms. The van der Waals surface area contributed by atoms with Gasteiger partial charge in [-0.1, -0.05) is 6.92 Å². The molecule has 0 aliphatic carbocycles. The lowest BCUT2D eigenvalue weighted by molar-refractivity contribution is 0.0778. The molecular formula is C13H18N4O2. The van der Waals surface area contributed by atoms with Gasteiger partial charge in [-0.05, 0) is 6.42 Å². The monoisotopic (exact) mass is 262 g/mol. The van der Waals surface area contributed by atoms with E-state index >= 15 is 0 Å². The van der Waals surface area contributed by atoms with Crippen LogP contribution in [0.1, 0.15) is 29.4 Å². The summed E-state index contributed by atoms with van der Waals surface area (Å²) in [6.07, 6.45) is 2.63. The van der Waals surface area contributed by atoms with Gasteiger partial charge in [0.2, 0.25) is 5.95 Å². The van der Waals surface area contributed by atoms with Crippen LogP contribution in [0.2, 0.25) is 0 Å². The second kappa shape index (κ2) is 5.13. The first kappa shape index (κ1) is 12.3. The van der Waals surface area contributed by atoms with Crippen LogP contribution in [0.4, 0.5) is 5.95 Å². The summed E-state index contributed by atoms with van der Waals surface area (Å²) in [5.74, 6) is 0.776. The van der Waals surface area contributed by atoms with E-state index in [-0.39, 0.29) is 5.91 Å². The summed E-state index contributed by atoms with van der Waals surface area (Å²) < 4.78 is 5.32. The number of amides is 1. The van der Waals surface area contributed by atoms with Gasteiger partial charge in [0.15, 0.2) is 0 Å². The Bertz CT molecular complexity index is 486. The highest BCUT2D eigenvalue weighted by Gasteiger charge is 2.29. The SMILES string of the molecule is CCCN1Cc2nc(N3CCOCC3)ncc2C1=O. The molecule has 0 atom stereocenters. The molecule has 2 aliphatic heterocycles. The van der Waals surface area contributed by atoms with Gasteiger partial charge in [0.25, 0.3) is 5.91 Å². The summed E-state index contributed by atoms with van der Waals surface area (Å²) in [5, 5.41) is 0. The summed E-state index contributed by atoms with van der Waals surface area (Å²) in [7, 11) is 0. The molecule has 6 heteroatoms. The summed E-state index contributed by atoms with van der Waals surface area (Å²) in [6, 6.07) is 0. The number of rotatable bonds is 3. The Kier molecular flexibility index (Phi) is 3.33.